The monoisotopic (exact) mass is 482 g/mol. The van der Waals surface area contributed by atoms with Crippen LogP contribution in [0.25, 0.3) is 11.3 Å². The molecule has 1 saturated heterocycles. The number of rotatable bonds is 7. The summed E-state index contributed by atoms with van der Waals surface area (Å²) < 4.78 is 16.2. The number of benzene rings is 2. The number of hydrogen-bond donors (Lipinski definition) is 0. The van der Waals surface area contributed by atoms with E-state index in [4.69, 9.17) is 25.8 Å². The second-order valence-electron chi connectivity index (χ2n) is 7.86. The van der Waals surface area contributed by atoms with Crippen molar-refractivity contribution >= 4 is 23.3 Å². The summed E-state index contributed by atoms with van der Waals surface area (Å²) in [7, 11) is 4.73. The third kappa shape index (κ3) is 5.17. The van der Waals surface area contributed by atoms with Crippen molar-refractivity contribution in [3.63, 3.8) is 0 Å². The Kier molecular flexibility index (Phi) is 7.37. The molecule has 1 aliphatic heterocycles. The number of methoxy groups -OCH3 is 3. The number of halogens is 1. The van der Waals surface area contributed by atoms with Crippen LogP contribution >= 0.6 is 11.6 Å². The Bertz CT molecular complexity index is 1110. The first-order valence-corrected chi connectivity index (χ1v) is 11.3. The van der Waals surface area contributed by atoms with Gasteiger partial charge < -0.3 is 24.0 Å². The van der Waals surface area contributed by atoms with Gasteiger partial charge in [-0.1, -0.05) is 23.7 Å². The van der Waals surface area contributed by atoms with Crippen molar-refractivity contribution in [2.45, 2.75) is 6.42 Å². The molecule has 1 fully saturated rings. The lowest BCUT2D eigenvalue weighted by Crippen LogP contribution is -2.49. The quantitative estimate of drug-likeness (QED) is 0.508. The van der Waals surface area contributed by atoms with Gasteiger partial charge in [0.1, 0.15) is 0 Å². The van der Waals surface area contributed by atoms with Crippen LogP contribution in [-0.4, -0.2) is 68.5 Å². The first-order valence-electron chi connectivity index (χ1n) is 10.9. The highest BCUT2D eigenvalue weighted by Crippen LogP contribution is 2.40. The molecule has 2 heterocycles. The number of amides is 1. The van der Waals surface area contributed by atoms with Gasteiger partial charge in [-0.25, -0.2) is 0 Å². The van der Waals surface area contributed by atoms with Crippen molar-refractivity contribution in [1.82, 2.24) is 15.1 Å². The van der Waals surface area contributed by atoms with E-state index in [1.807, 2.05) is 53.4 Å². The summed E-state index contributed by atoms with van der Waals surface area (Å²) in [6.07, 6.45) is 0.375. The van der Waals surface area contributed by atoms with E-state index < -0.39 is 0 Å². The van der Waals surface area contributed by atoms with E-state index in [1.54, 1.807) is 21.3 Å². The zero-order valence-electron chi connectivity index (χ0n) is 19.5. The highest BCUT2D eigenvalue weighted by molar-refractivity contribution is 6.30. The van der Waals surface area contributed by atoms with Gasteiger partial charge in [-0.3, -0.25) is 4.79 Å². The third-order valence-electron chi connectivity index (χ3n) is 5.84. The fraction of sp³-hybridized carbons (Fsp3) is 0.320. The highest BCUT2D eigenvalue weighted by Gasteiger charge is 2.22. The Morgan fingerprint density at radius 2 is 1.53 bits per heavy atom. The van der Waals surface area contributed by atoms with Crippen LogP contribution in [0.5, 0.6) is 17.2 Å². The highest BCUT2D eigenvalue weighted by atomic mass is 35.5. The molecular weight excluding hydrogens is 456 g/mol. The van der Waals surface area contributed by atoms with Crippen LogP contribution in [0.4, 0.5) is 5.82 Å². The Labute approximate surface area is 204 Å². The van der Waals surface area contributed by atoms with E-state index in [0.717, 1.165) is 16.9 Å². The molecule has 0 aliphatic carbocycles. The molecule has 1 amide bonds. The molecule has 178 valence electrons. The van der Waals surface area contributed by atoms with E-state index in [-0.39, 0.29) is 5.91 Å². The molecule has 0 saturated carbocycles. The predicted molar refractivity (Wildman–Crippen MR) is 131 cm³/mol. The van der Waals surface area contributed by atoms with Gasteiger partial charge in [0.25, 0.3) is 0 Å². The Balaban J connectivity index is 1.40. The lowest BCUT2D eigenvalue weighted by atomic mass is 10.1. The number of ether oxygens (including phenoxy) is 3. The van der Waals surface area contributed by atoms with Gasteiger partial charge >= 0.3 is 0 Å². The molecule has 34 heavy (non-hydrogen) atoms. The smallest absolute Gasteiger partial charge is 0.227 e. The van der Waals surface area contributed by atoms with Gasteiger partial charge in [-0.05, 0) is 42.0 Å². The molecule has 0 N–H and O–H groups in total. The number of carbonyl (C=O) groups excluding carboxylic acids is 1. The number of nitrogens with zero attached hydrogens (tertiary/aromatic N) is 4. The van der Waals surface area contributed by atoms with Gasteiger partial charge in [0.05, 0.1) is 33.4 Å². The van der Waals surface area contributed by atoms with E-state index in [2.05, 4.69) is 15.1 Å². The summed E-state index contributed by atoms with van der Waals surface area (Å²) in [6, 6.07) is 14.9. The SMILES string of the molecule is COc1cc(-c2ccc(N3CCN(C(=O)Cc4ccc(Cl)cc4)CC3)nn2)cc(OC)c1OC. The van der Waals surface area contributed by atoms with Crippen molar-refractivity contribution in [3.05, 3.63) is 59.1 Å². The summed E-state index contributed by atoms with van der Waals surface area (Å²) in [5.41, 5.74) is 2.47. The lowest BCUT2D eigenvalue weighted by molar-refractivity contribution is -0.130. The van der Waals surface area contributed by atoms with Gasteiger partial charge in [-0.2, -0.15) is 0 Å². The number of anilines is 1. The zero-order valence-corrected chi connectivity index (χ0v) is 20.2. The number of hydrogen-bond acceptors (Lipinski definition) is 7. The van der Waals surface area contributed by atoms with Crippen LogP contribution in [0.1, 0.15) is 5.56 Å². The van der Waals surface area contributed by atoms with E-state index in [9.17, 15) is 4.79 Å². The Hall–Kier alpha value is -3.52. The van der Waals surface area contributed by atoms with Crippen LogP contribution in [-0.2, 0) is 11.2 Å². The Morgan fingerprint density at radius 3 is 2.06 bits per heavy atom. The van der Waals surface area contributed by atoms with Crippen LogP contribution in [0.15, 0.2) is 48.5 Å². The normalized spacial score (nSPS) is 13.5. The average molecular weight is 483 g/mol. The third-order valence-corrected chi connectivity index (χ3v) is 6.09. The zero-order chi connectivity index (χ0) is 24.1. The first-order chi connectivity index (χ1) is 16.5. The van der Waals surface area contributed by atoms with Gasteiger partial charge in [-0.15, -0.1) is 10.2 Å². The standard InChI is InChI=1S/C25H27ClN4O4/c1-32-21-15-18(16-22(33-2)25(21)34-3)20-8-9-23(28-27-20)29-10-12-30(13-11-29)24(31)14-17-4-6-19(26)7-5-17/h4-9,15-16H,10-14H2,1-3H3. The molecule has 4 rings (SSSR count). The molecule has 8 nitrogen and oxygen atoms in total. The van der Waals surface area contributed by atoms with Gasteiger partial charge in [0.15, 0.2) is 17.3 Å². The minimum atomic E-state index is 0.116. The molecule has 0 atom stereocenters. The molecule has 2 aromatic carbocycles. The number of piperazine rings is 1. The van der Waals surface area contributed by atoms with E-state index >= 15 is 0 Å². The fourth-order valence-corrected chi connectivity index (χ4v) is 4.08. The summed E-state index contributed by atoms with van der Waals surface area (Å²) in [5.74, 6) is 2.54. The number of carbonyl (C=O) groups is 1. The summed E-state index contributed by atoms with van der Waals surface area (Å²) >= 11 is 5.93. The van der Waals surface area contributed by atoms with E-state index in [1.165, 1.54) is 0 Å². The fourth-order valence-electron chi connectivity index (χ4n) is 3.95. The van der Waals surface area contributed by atoms with Crippen molar-refractivity contribution < 1.29 is 19.0 Å². The molecule has 0 radical (unpaired) electrons. The van der Waals surface area contributed by atoms with Crippen molar-refractivity contribution in [1.29, 1.82) is 0 Å². The van der Waals surface area contributed by atoms with Gasteiger partial charge in [0, 0.05) is 36.8 Å². The lowest BCUT2D eigenvalue weighted by Gasteiger charge is -2.35. The Morgan fingerprint density at radius 1 is 0.882 bits per heavy atom. The summed E-state index contributed by atoms with van der Waals surface area (Å²) in [5, 5.41) is 9.51. The predicted octanol–water partition coefficient (Wildman–Crippen LogP) is 3.71. The maximum absolute atomic E-state index is 12.7. The van der Waals surface area contributed by atoms with Crippen LogP contribution in [0, 0.1) is 0 Å². The first kappa shape index (κ1) is 23.6. The van der Waals surface area contributed by atoms with E-state index in [0.29, 0.717) is 60.6 Å². The second kappa shape index (κ2) is 10.6. The average Bonchev–Trinajstić information content (AvgIpc) is 2.89. The minimum Gasteiger partial charge on any atom is -0.493 e. The molecule has 0 spiro atoms. The topological polar surface area (TPSA) is 77.0 Å². The molecule has 1 aromatic heterocycles. The van der Waals surface area contributed by atoms with Gasteiger partial charge in [0.2, 0.25) is 11.7 Å². The minimum absolute atomic E-state index is 0.116. The summed E-state index contributed by atoms with van der Waals surface area (Å²) in [6.45, 7) is 2.68. The van der Waals surface area contributed by atoms with Crippen LogP contribution in [0.2, 0.25) is 5.02 Å². The van der Waals surface area contributed by atoms with Crippen molar-refractivity contribution in [2.24, 2.45) is 0 Å². The molecule has 0 unspecified atom stereocenters. The molecule has 9 heteroatoms. The maximum Gasteiger partial charge on any atom is 0.227 e. The second-order valence-corrected chi connectivity index (χ2v) is 8.30. The van der Waals surface area contributed by atoms with Crippen LogP contribution in [0.3, 0.4) is 0 Å². The molecular formula is C25H27ClN4O4. The molecule has 3 aromatic rings. The van der Waals surface area contributed by atoms with Crippen molar-refractivity contribution in [2.75, 3.05) is 52.4 Å². The van der Waals surface area contributed by atoms with Crippen LogP contribution < -0.4 is 19.1 Å². The molecule has 0 bridgehead atoms. The largest absolute Gasteiger partial charge is 0.493 e. The summed E-state index contributed by atoms with van der Waals surface area (Å²) in [4.78, 5) is 16.7. The molecule has 1 aliphatic rings. The van der Waals surface area contributed by atoms with Crippen molar-refractivity contribution in [3.8, 4) is 28.5 Å². The maximum atomic E-state index is 12.7. The number of aromatic nitrogens is 2.